The number of alkyl carbamates (subject to hydrolysis) is 1. The Morgan fingerprint density at radius 3 is 2.32 bits per heavy atom. The van der Waals surface area contributed by atoms with Crippen LogP contribution in [0.3, 0.4) is 0 Å². The molecular weight excluding hydrogens is 482 g/mol. The van der Waals surface area contributed by atoms with Crippen LogP contribution in [0.2, 0.25) is 0 Å². The number of phenols is 1. The minimum Gasteiger partial charge on any atom is -0.508 e. The van der Waals surface area contributed by atoms with Crippen molar-refractivity contribution < 1.29 is 24.2 Å². The van der Waals surface area contributed by atoms with Gasteiger partial charge >= 0.3 is 6.09 Å². The van der Waals surface area contributed by atoms with Crippen molar-refractivity contribution in [3.8, 4) is 5.75 Å². The number of hydrogen-bond acceptors (Lipinski definition) is 5. The predicted octanol–water partition coefficient (Wildman–Crippen LogP) is 5.76. The molecule has 8 nitrogen and oxygen atoms in total. The van der Waals surface area contributed by atoms with Crippen LogP contribution in [0, 0.1) is 12.8 Å². The molecule has 1 aliphatic rings. The molecule has 3 amide bonds. The summed E-state index contributed by atoms with van der Waals surface area (Å²) in [6.07, 6.45) is 7.08. The van der Waals surface area contributed by atoms with Gasteiger partial charge < -0.3 is 25.4 Å². The summed E-state index contributed by atoms with van der Waals surface area (Å²) in [5.41, 5.74) is 0.561. The SMILES string of the molecule is CCCCCN(C(=O)C(NC(=O)OC(C)(C)C)C(C)C)C(C(=O)NC1CCCCC1)c1ccc(O)c(C)c1. The molecule has 1 aromatic rings. The highest BCUT2D eigenvalue weighted by Crippen LogP contribution is 2.29. The average molecular weight is 532 g/mol. The molecule has 0 heterocycles. The lowest BCUT2D eigenvalue weighted by atomic mass is 9.94. The molecule has 2 atom stereocenters. The molecule has 1 fully saturated rings. The molecule has 2 unspecified atom stereocenters. The number of phenolic OH excluding ortho intramolecular Hbond substituents is 1. The van der Waals surface area contributed by atoms with Crippen molar-refractivity contribution in [2.75, 3.05) is 6.54 Å². The standard InChI is InChI=1S/C30H49N3O5/c1-8-9-13-18-33(28(36)25(20(2)3)32-29(37)38-30(5,6)7)26(22-16-17-24(34)21(4)19-22)27(35)31-23-14-11-10-12-15-23/h16-17,19-20,23,25-26,34H,8-15,18H2,1-7H3,(H,31,35)(H,32,37). The van der Waals surface area contributed by atoms with Crippen LogP contribution in [-0.2, 0) is 14.3 Å². The van der Waals surface area contributed by atoms with E-state index in [2.05, 4.69) is 17.6 Å². The van der Waals surface area contributed by atoms with Crippen LogP contribution in [0.1, 0.15) is 110 Å². The average Bonchev–Trinajstić information content (AvgIpc) is 2.83. The third-order valence-corrected chi connectivity index (χ3v) is 6.94. The second-order valence-corrected chi connectivity index (χ2v) is 11.9. The normalized spacial score (nSPS) is 16.0. The first kappa shape index (κ1) is 31.4. The number of aryl methyl sites for hydroxylation is 1. The Kier molecular flexibility index (Phi) is 11.9. The van der Waals surface area contributed by atoms with E-state index in [1.54, 1.807) is 50.8 Å². The van der Waals surface area contributed by atoms with Crippen molar-refractivity contribution in [1.29, 1.82) is 0 Å². The Morgan fingerprint density at radius 1 is 1.11 bits per heavy atom. The summed E-state index contributed by atoms with van der Waals surface area (Å²) in [5.74, 6) is -0.647. The zero-order chi connectivity index (χ0) is 28.5. The lowest BCUT2D eigenvalue weighted by Crippen LogP contribution is -2.55. The van der Waals surface area contributed by atoms with Crippen LogP contribution in [0.5, 0.6) is 5.75 Å². The molecule has 0 aromatic heterocycles. The van der Waals surface area contributed by atoms with Gasteiger partial charge in [-0.3, -0.25) is 9.59 Å². The fourth-order valence-corrected chi connectivity index (χ4v) is 4.87. The van der Waals surface area contributed by atoms with Crippen molar-refractivity contribution in [3.63, 3.8) is 0 Å². The van der Waals surface area contributed by atoms with Gasteiger partial charge in [0.15, 0.2) is 0 Å². The molecule has 0 aliphatic heterocycles. The summed E-state index contributed by atoms with van der Waals surface area (Å²) in [6, 6.07) is 3.37. The molecule has 214 valence electrons. The van der Waals surface area contributed by atoms with Crippen molar-refractivity contribution in [3.05, 3.63) is 29.3 Å². The summed E-state index contributed by atoms with van der Waals surface area (Å²) in [5, 5.41) is 16.1. The Bertz CT molecular complexity index is 934. The van der Waals surface area contributed by atoms with Gasteiger partial charge in [0.05, 0.1) is 0 Å². The predicted molar refractivity (Wildman–Crippen MR) is 150 cm³/mol. The van der Waals surface area contributed by atoms with Crippen molar-refractivity contribution >= 4 is 17.9 Å². The molecule has 0 radical (unpaired) electrons. The van der Waals surface area contributed by atoms with E-state index >= 15 is 0 Å². The van der Waals surface area contributed by atoms with Gasteiger partial charge in [-0.2, -0.15) is 0 Å². The van der Waals surface area contributed by atoms with E-state index in [-0.39, 0.29) is 29.5 Å². The maximum atomic E-state index is 14.2. The van der Waals surface area contributed by atoms with Gasteiger partial charge in [-0.05, 0) is 76.1 Å². The van der Waals surface area contributed by atoms with Gasteiger partial charge in [-0.1, -0.05) is 58.9 Å². The van der Waals surface area contributed by atoms with E-state index in [4.69, 9.17) is 4.74 Å². The number of benzene rings is 1. The van der Waals surface area contributed by atoms with Gasteiger partial charge in [0.2, 0.25) is 11.8 Å². The molecule has 0 spiro atoms. The highest BCUT2D eigenvalue weighted by molar-refractivity contribution is 5.92. The van der Waals surface area contributed by atoms with E-state index in [0.29, 0.717) is 17.7 Å². The van der Waals surface area contributed by atoms with E-state index in [1.165, 1.54) is 6.42 Å². The number of ether oxygens (including phenoxy) is 1. The van der Waals surface area contributed by atoms with Crippen LogP contribution >= 0.6 is 0 Å². The van der Waals surface area contributed by atoms with Crippen LogP contribution in [0.25, 0.3) is 0 Å². The summed E-state index contributed by atoms with van der Waals surface area (Å²) in [7, 11) is 0. The Labute approximate surface area is 228 Å². The third-order valence-electron chi connectivity index (χ3n) is 6.94. The first-order chi connectivity index (χ1) is 17.8. The van der Waals surface area contributed by atoms with Crippen LogP contribution in [0.15, 0.2) is 18.2 Å². The lowest BCUT2D eigenvalue weighted by molar-refractivity contribution is -0.143. The summed E-state index contributed by atoms with van der Waals surface area (Å²) in [4.78, 5) is 42.4. The molecule has 2 rings (SSSR count). The van der Waals surface area contributed by atoms with E-state index in [0.717, 1.165) is 44.9 Å². The summed E-state index contributed by atoms with van der Waals surface area (Å²) < 4.78 is 5.44. The molecule has 38 heavy (non-hydrogen) atoms. The Hall–Kier alpha value is -2.77. The van der Waals surface area contributed by atoms with Gasteiger partial charge in [-0.15, -0.1) is 0 Å². The largest absolute Gasteiger partial charge is 0.508 e. The minimum atomic E-state index is -0.887. The number of unbranched alkanes of at least 4 members (excludes halogenated alkanes) is 2. The number of hydrogen-bond donors (Lipinski definition) is 3. The first-order valence-corrected chi connectivity index (χ1v) is 14.2. The summed E-state index contributed by atoms with van der Waals surface area (Å²) >= 11 is 0. The van der Waals surface area contributed by atoms with E-state index in [9.17, 15) is 19.5 Å². The highest BCUT2D eigenvalue weighted by Gasteiger charge is 2.38. The zero-order valence-electron chi connectivity index (χ0n) is 24.4. The molecule has 8 heteroatoms. The Morgan fingerprint density at radius 2 is 1.76 bits per heavy atom. The Balaban J connectivity index is 2.48. The number of carbonyl (C=O) groups excluding carboxylic acids is 3. The number of carbonyl (C=O) groups is 3. The molecule has 0 bridgehead atoms. The highest BCUT2D eigenvalue weighted by atomic mass is 16.6. The van der Waals surface area contributed by atoms with E-state index < -0.39 is 23.8 Å². The molecule has 1 saturated carbocycles. The fourth-order valence-electron chi connectivity index (χ4n) is 4.87. The first-order valence-electron chi connectivity index (χ1n) is 14.2. The maximum absolute atomic E-state index is 14.2. The molecule has 0 saturated heterocycles. The number of rotatable bonds is 11. The van der Waals surface area contributed by atoms with Crippen molar-refractivity contribution in [2.45, 2.75) is 124 Å². The minimum absolute atomic E-state index is 0.0744. The molecule has 1 aliphatic carbocycles. The van der Waals surface area contributed by atoms with Gasteiger partial charge in [0.25, 0.3) is 0 Å². The van der Waals surface area contributed by atoms with Gasteiger partial charge in [0, 0.05) is 12.6 Å². The fraction of sp³-hybridized carbons (Fsp3) is 0.700. The number of nitrogens with one attached hydrogen (secondary N) is 2. The molecule has 1 aromatic carbocycles. The van der Waals surface area contributed by atoms with Crippen molar-refractivity contribution in [2.24, 2.45) is 5.92 Å². The van der Waals surface area contributed by atoms with E-state index in [1.807, 2.05) is 13.8 Å². The number of aromatic hydroxyl groups is 1. The second kappa shape index (κ2) is 14.4. The lowest BCUT2D eigenvalue weighted by Gasteiger charge is -2.36. The monoisotopic (exact) mass is 531 g/mol. The molecule has 3 N–H and O–H groups in total. The van der Waals surface area contributed by atoms with Gasteiger partial charge in [-0.25, -0.2) is 4.79 Å². The van der Waals surface area contributed by atoms with Crippen LogP contribution in [-0.4, -0.2) is 52.1 Å². The van der Waals surface area contributed by atoms with Crippen molar-refractivity contribution in [1.82, 2.24) is 15.5 Å². The number of nitrogens with zero attached hydrogens (tertiary/aromatic N) is 1. The van der Waals surface area contributed by atoms with Gasteiger partial charge in [0.1, 0.15) is 23.4 Å². The van der Waals surface area contributed by atoms with Crippen LogP contribution in [0.4, 0.5) is 4.79 Å². The maximum Gasteiger partial charge on any atom is 0.408 e. The zero-order valence-corrected chi connectivity index (χ0v) is 24.4. The number of amides is 3. The topological polar surface area (TPSA) is 108 Å². The second-order valence-electron chi connectivity index (χ2n) is 11.9. The summed E-state index contributed by atoms with van der Waals surface area (Å²) in [6.45, 7) is 13.3. The van der Waals surface area contributed by atoms with Crippen LogP contribution < -0.4 is 10.6 Å². The third kappa shape index (κ3) is 9.52. The smallest absolute Gasteiger partial charge is 0.408 e. The molecular formula is C30H49N3O5. The quantitative estimate of drug-likeness (QED) is 0.315.